The zero-order valence-corrected chi connectivity index (χ0v) is 11.1. The lowest BCUT2D eigenvalue weighted by Gasteiger charge is -2.10. The number of H-pyrrole nitrogens is 1. The Kier molecular flexibility index (Phi) is 2.75. The van der Waals surface area contributed by atoms with E-state index in [4.69, 9.17) is 9.47 Å². The second-order valence-electron chi connectivity index (χ2n) is 4.41. The fourth-order valence-electron chi connectivity index (χ4n) is 2.35. The Morgan fingerprint density at radius 3 is 2.55 bits per heavy atom. The zero-order chi connectivity index (χ0) is 14.3. The Bertz CT molecular complexity index is 867. The summed E-state index contributed by atoms with van der Waals surface area (Å²) in [7, 11) is 3.04. The van der Waals surface area contributed by atoms with Crippen LogP contribution in [0.5, 0.6) is 17.2 Å². The number of benzene rings is 2. The summed E-state index contributed by atoms with van der Waals surface area (Å²) in [4.78, 5) is 15.7. The van der Waals surface area contributed by atoms with Crippen LogP contribution in [0.3, 0.4) is 0 Å². The Labute approximate surface area is 114 Å². The van der Waals surface area contributed by atoms with Gasteiger partial charge >= 0.3 is 0 Å². The number of aromatic hydroxyl groups is 1. The molecule has 3 rings (SSSR count). The van der Waals surface area contributed by atoms with Crippen LogP contribution in [-0.2, 0) is 0 Å². The van der Waals surface area contributed by atoms with Gasteiger partial charge in [0.15, 0.2) is 0 Å². The average molecular weight is 271 g/mol. The second-order valence-corrected chi connectivity index (χ2v) is 4.41. The molecule has 0 saturated carbocycles. The molecule has 5 nitrogen and oxygen atoms in total. The van der Waals surface area contributed by atoms with Gasteiger partial charge in [0, 0.05) is 12.1 Å². The van der Waals surface area contributed by atoms with Crippen molar-refractivity contribution in [3.05, 3.63) is 40.6 Å². The lowest BCUT2D eigenvalue weighted by atomic mass is 10.1. The predicted octanol–water partition coefficient (Wildman–Crippen LogP) is 2.40. The molecule has 102 valence electrons. The van der Waals surface area contributed by atoms with Crippen molar-refractivity contribution in [2.45, 2.75) is 0 Å². The summed E-state index contributed by atoms with van der Waals surface area (Å²) in [6.07, 6.45) is 0. The number of pyridine rings is 1. The third-order valence-electron chi connectivity index (χ3n) is 3.30. The van der Waals surface area contributed by atoms with Gasteiger partial charge in [0.05, 0.1) is 36.0 Å². The average Bonchev–Trinajstić information content (AvgIpc) is 2.45. The largest absolute Gasteiger partial charge is 0.507 e. The van der Waals surface area contributed by atoms with E-state index in [0.29, 0.717) is 27.9 Å². The van der Waals surface area contributed by atoms with E-state index >= 15 is 0 Å². The summed E-state index contributed by atoms with van der Waals surface area (Å²) in [5.41, 5.74) is 0.897. The summed E-state index contributed by atoms with van der Waals surface area (Å²) >= 11 is 0. The van der Waals surface area contributed by atoms with E-state index in [-0.39, 0.29) is 16.6 Å². The maximum Gasteiger partial charge on any atom is 0.204 e. The maximum absolute atomic E-state index is 12.6. The van der Waals surface area contributed by atoms with Crippen LogP contribution in [0.15, 0.2) is 35.1 Å². The number of hydrogen-bond acceptors (Lipinski definition) is 4. The van der Waals surface area contributed by atoms with Crippen molar-refractivity contribution in [1.82, 2.24) is 4.98 Å². The standard InChI is InChI=1S/C15H13NO4/c1-19-8-6-10-14(12(7-8)20-2)15(18)13-9(16-10)4-3-5-11(13)17/h3-7,17H,1-2H3,(H,16,18). The van der Waals surface area contributed by atoms with Crippen molar-refractivity contribution >= 4 is 21.8 Å². The van der Waals surface area contributed by atoms with Gasteiger partial charge in [-0.3, -0.25) is 4.79 Å². The first-order valence-corrected chi connectivity index (χ1v) is 6.05. The third-order valence-corrected chi connectivity index (χ3v) is 3.30. The molecule has 0 saturated heterocycles. The highest BCUT2D eigenvalue weighted by molar-refractivity contribution is 5.98. The number of phenols is 1. The molecule has 0 aliphatic heterocycles. The van der Waals surface area contributed by atoms with E-state index < -0.39 is 0 Å². The van der Waals surface area contributed by atoms with Crippen LogP contribution in [0.25, 0.3) is 21.8 Å². The van der Waals surface area contributed by atoms with Crippen LogP contribution in [-0.4, -0.2) is 24.3 Å². The maximum atomic E-state index is 12.6. The van der Waals surface area contributed by atoms with Gasteiger partial charge in [-0.15, -0.1) is 0 Å². The Balaban J connectivity index is 2.57. The van der Waals surface area contributed by atoms with Crippen LogP contribution in [0.2, 0.25) is 0 Å². The van der Waals surface area contributed by atoms with Gasteiger partial charge in [0.1, 0.15) is 17.2 Å². The highest BCUT2D eigenvalue weighted by Gasteiger charge is 2.14. The van der Waals surface area contributed by atoms with Crippen LogP contribution in [0.4, 0.5) is 0 Å². The van der Waals surface area contributed by atoms with E-state index in [1.54, 1.807) is 31.4 Å². The smallest absolute Gasteiger partial charge is 0.204 e. The minimum atomic E-state index is -0.272. The molecule has 0 unspecified atom stereocenters. The van der Waals surface area contributed by atoms with Gasteiger partial charge in [-0.25, -0.2) is 0 Å². The number of ether oxygens (including phenoxy) is 2. The summed E-state index contributed by atoms with van der Waals surface area (Å²) in [6.45, 7) is 0. The lowest BCUT2D eigenvalue weighted by molar-refractivity contribution is 0.397. The predicted molar refractivity (Wildman–Crippen MR) is 76.8 cm³/mol. The van der Waals surface area contributed by atoms with Crippen LogP contribution in [0.1, 0.15) is 0 Å². The molecule has 0 amide bonds. The second kappa shape index (κ2) is 4.45. The van der Waals surface area contributed by atoms with Crippen molar-refractivity contribution in [3.8, 4) is 17.2 Å². The minimum absolute atomic E-state index is 0.0523. The lowest BCUT2D eigenvalue weighted by Crippen LogP contribution is -2.06. The molecule has 20 heavy (non-hydrogen) atoms. The first-order chi connectivity index (χ1) is 9.65. The molecular weight excluding hydrogens is 258 g/mol. The molecule has 0 radical (unpaired) electrons. The van der Waals surface area contributed by atoms with Gasteiger partial charge in [0.2, 0.25) is 5.43 Å². The number of methoxy groups -OCH3 is 2. The van der Waals surface area contributed by atoms with Gasteiger partial charge < -0.3 is 19.6 Å². The molecule has 5 heteroatoms. The highest BCUT2D eigenvalue weighted by atomic mass is 16.5. The van der Waals surface area contributed by atoms with Crippen molar-refractivity contribution in [2.75, 3.05) is 14.2 Å². The van der Waals surface area contributed by atoms with Crippen molar-refractivity contribution in [3.63, 3.8) is 0 Å². The minimum Gasteiger partial charge on any atom is -0.507 e. The Morgan fingerprint density at radius 2 is 1.85 bits per heavy atom. The topological polar surface area (TPSA) is 71.6 Å². The fraction of sp³-hybridized carbons (Fsp3) is 0.133. The number of fused-ring (bicyclic) bond motifs is 2. The van der Waals surface area contributed by atoms with E-state index in [1.807, 2.05) is 0 Å². The van der Waals surface area contributed by atoms with Crippen LogP contribution in [0, 0.1) is 0 Å². The summed E-state index contributed by atoms with van der Waals surface area (Å²) in [5, 5.41) is 10.5. The fourth-order valence-corrected chi connectivity index (χ4v) is 2.35. The first kappa shape index (κ1) is 12.3. The summed E-state index contributed by atoms with van der Waals surface area (Å²) in [6, 6.07) is 8.27. The zero-order valence-electron chi connectivity index (χ0n) is 11.1. The number of phenolic OH excluding ortho intramolecular Hbond substituents is 1. The molecule has 1 heterocycles. The van der Waals surface area contributed by atoms with Crippen molar-refractivity contribution in [2.24, 2.45) is 0 Å². The molecule has 0 fully saturated rings. The molecule has 0 bridgehead atoms. The molecule has 0 aliphatic rings. The Hall–Kier alpha value is -2.69. The molecule has 0 spiro atoms. The normalized spacial score (nSPS) is 10.9. The molecule has 3 aromatic rings. The van der Waals surface area contributed by atoms with Gasteiger partial charge in [-0.05, 0) is 12.1 Å². The van der Waals surface area contributed by atoms with Crippen molar-refractivity contribution < 1.29 is 14.6 Å². The summed E-state index contributed by atoms with van der Waals surface area (Å²) < 4.78 is 10.4. The van der Waals surface area contributed by atoms with Gasteiger partial charge in [-0.1, -0.05) is 6.07 Å². The third kappa shape index (κ3) is 1.67. The monoisotopic (exact) mass is 271 g/mol. The van der Waals surface area contributed by atoms with Gasteiger partial charge in [0.25, 0.3) is 0 Å². The Morgan fingerprint density at radius 1 is 1.05 bits per heavy atom. The number of nitrogens with one attached hydrogen (secondary N) is 1. The number of hydrogen-bond donors (Lipinski definition) is 2. The van der Waals surface area contributed by atoms with E-state index in [2.05, 4.69) is 4.98 Å². The van der Waals surface area contributed by atoms with E-state index in [0.717, 1.165) is 0 Å². The van der Waals surface area contributed by atoms with Crippen molar-refractivity contribution in [1.29, 1.82) is 0 Å². The number of aromatic amines is 1. The molecule has 2 aromatic carbocycles. The SMILES string of the molecule is COc1cc(OC)c2c(=O)c3c(O)cccc3[nH]c2c1. The number of aromatic nitrogens is 1. The molecule has 0 atom stereocenters. The number of rotatable bonds is 2. The quantitative estimate of drug-likeness (QED) is 0.702. The molecule has 1 aromatic heterocycles. The molecule has 0 aliphatic carbocycles. The molecular formula is C15H13NO4. The van der Waals surface area contributed by atoms with E-state index in [1.165, 1.54) is 13.2 Å². The summed E-state index contributed by atoms with van der Waals surface area (Å²) in [5.74, 6) is 0.943. The van der Waals surface area contributed by atoms with Crippen LogP contribution >= 0.6 is 0 Å². The first-order valence-electron chi connectivity index (χ1n) is 6.05. The van der Waals surface area contributed by atoms with E-state index in [9.17, 15) is 9.90 Å². The van der Waals surface area contributed by atoms with Gasteiger partial charge in [-0.2, -0.15) is 0 Å². The van der Waals surface area contributed by atoms with Crippen LogP contribution < -0.4 is 14.9 Å². The molecule has 2 N–H and O–H groups in total. The highest BCUT2D eigenvalue weighted by Crippen LogP contribution is 2.31.